The van der Waals surface area contributed by atoms with Gasteiger partial charge in [-0.05, 0) is 10.8 Å². The zero-order valence-corrected chi connectivity index (χ0v) is 27.0. The molecule has 0 fully saturated rings. The van der Waals surface area contributed by atoms with E-state index >= 15 is 0 Å². The van der Waals surface area contributed by atoms with Gasteiger partial charge in [0.2, 0.25) is 0 Å². The van der Waals surface area contributed by atoms with Gasteiger partial charge in [-0.1, -0.05) is 76.9 Å². The molecule has 0 aliphatic carbocycles. The van der Waals surface area contributed by atoms with Gasteiger partial charge in [-0.25, -0.2) is 12.1 Å². The van der Waals surface area contributed by atoms with Crippen LogP contribution in [0.15, 0.2) is 103 Å². The summed E-state index contributed by atoms with van der Waals surface area (Å²) in [6.07, 6.45) is 0. The van der Waals surface area contributed by atoms with Crippen molar-refractivity contribution in [2.75, 3.05) is 0 Å². The number of rotatable bonds is 1. The van der Waals surface area contributed by atoms with Crippen LogP contribution in [0.5, 0.6) is 0 Å². The summed E-state index contributed by atoms with van der Waals surface area (Å²) >= 11 is 1.51. The molecule has 0 radical (unpaired) electrons. The van der Waals surface area contributed by atoms with E-state index in [1.807, 2.05) is 36.4 Å². The first-order valence-corrected chi connectivity index (χ1v) is 13.6. The van der Waals surface area contributed by atoms with Gasteiger partial charge in [-0.2, -0.15) is 18.2 Å². The second-order valence-corrected chi connectivity index (χ2v) is 13.0. The van der Waals surface area contributed by atoms with E-state index in [0.29, 0.717) is 0 Å². The van der Waals surface area contributed by atoms with Gasteiger partial charge in [-0.15, -0.1) is 39.7 Å². The molecule has 37 heavy (non-hydrogen) atoms. The molecule has 0 aromatic heterocycles. The van der Waals surface area contributed by atoms with E-state index in [-0.39, 0.29) is 35.6 Å². The van der Waals surface area contributed by atoms with Gasteiger partial charge in [0.1, 0.15) is 0 Å². The van der Waals surface area contributed by atoms with Crippen LogP contribution < -0.4 is 24.8 Å². The number of halogens is 2. The molecule has 3 heteroatoms. The summed E-state index contributed by atoms with van der Waals surface area (Å²) < 4.78 is 1.46. The van der Waals surface area contributed by atoms with Crippen LogP contribution in [0, 0.1) is 0 Å². The summed E-state index contributed by atoms with van der Waals surface area (Å²) in [5, 5.41) is 5.48. The Balaban J connectivity index is 0.000000354. The Labute approximate surface area is 251 Å². The average molecular weight is 609 g/mol. The first kappa shape index (κ1) is 33.2. The molecule has 0 bridgehead atoms. The normalized spacial score (nSPS) is 10.8. The van der Waals surface area contributed by atoms with Crippen molar-refractivity contribution in [1.29, 1.82) is 0 Å². The number of hydrogen-bond donors (Lipinski definition) is 0. The van der Waals surface area contributed by atoms with Crippen molar-refractivity contribution < 1.29 is 49.0 Å². The molecule has 0 saturated carbocycles. The molecule has 0 unspecified atom stereocenters. The quantitative estimate of drug-likeness (QED) is 0.256. The molecule has 5 aromatic carbocycles. The molecule has 0 aliphatic rings. The van der Waals surface area contributed by atoms with E-state index in [4.69, 9.17) is 0 Å². The minimum absolute atomic E-state index is 0. The number of benzene rings is 3. The van der Waals surface area contributed by atoms with E-state index in [1.165, 1.54) is 65.7 Å². The first-order chi connectivity index (χ1) is 16.5. The largest absolute Gasteiger partial charge is 1.00 e. The fraction of sp³-hybridized carbons (Fsp3) is 0.265. The van der Waals surface area contributed by atoms with Crippen molar-refractivity contribution in [2.24, 2.45) is 0 Å². The number of fused-ring (bicyclic) bond motifs is 3. The van der Waals surface area contributed by atoms with Crippen LogP contribution >= 0.6 is 0 Å². The fourth-order valence-corrected chi connectivity index (χ4v) is 4.37. The van der Waals surface area contributed by atoms with E-state index in [2.05, 4.69) is 115 Å². The Hall–Kier alpha value is -1.79. The van der Waals surface area contributed by atoms with Crippen LogP contribution in [0.2, 0.25) is 0 Å². The van der Waals surface area contributed by atoms with Crippen LogP contribution in [-0.4, -0.2) is 3.21 Å². The SMILES string of the molecule is CC(C)(C)c1ccc2c(c1)[cH-]c1cc(C(C)(C)C)ccc12.C[C](=[Zr+2])c1ccccc1.[Cl-].[Cl-].c1cc[cH-]c1. The molecule has 0 N–H and O–H groups in total. The molecule has 0 aliphatic heterocycles. The summed E-state index contributed by atoms with van der Waals surface area (Å²) in [7, 11) is 0. The van der Waals surface area contributed by atoms with Crippen LogP contribution in [0.3, 0.4) is 0 Å². The average Bonchev–Trinajstić information content (AvgIpc) is 3.49. The van der Waals surface area contributed by atoms with Crippen LogP contribution in [0.4, 0.5) is 0 Å². The van der Waals surface area contributed by atoms with Crippen molar-refractivity contribution in [2.45, 2.75) is 59.3 Å². The van der Waals surface area contributed by atoms with E-state index in [9.17, 15) is 0 Å². The second kappa shape index (κ2) is 14.4. The van der Waals surface area contributed by atoms with Crippen LogP contribution in [-0.2, 0) is 35.1 Å². The second-order valence-electron chi connectivity index (χ2n) is 11.2. The monoisotopic (exact) mass is 606 g/mol. The third-order valence-corrected chi connectivity index (χ3v) is 6.91. The van der Waals surface area contributed by atoms with Crippen molar-refractivity contribution >= 4 is 24.8 Å². The Morgan fingerprint density at radius 2 is 1.05 bits per heavy atom. The van der Waals surface area contributed by atoms with Crippen molar-refractivity contribution in [3.05, 3.63) is 120 Å². The fourth-order valence-electron chi connectivity index (χ4n) is 3.96. The number of hydrogen-bond acceptors (Lipinski definition) is 0. The topological polar surface area (TPSA) is 0 Å². The Kier molecular flexibility index (Phi) is 12.9. The molecule has 0 atom stereocenters. The van der Waals surface area contributed by atoms with Crippen LogP contribution in [0.1, 0.15) is 65.2 Å². The zero-order chi connectivity index (χ0) is 25.6. The Morgan fingerprint density at radius 1 is 0.622 bits per heavy atom. The third kappa shape index (κ3) is 9.47. The van der Waals surface area contributed by atoms with Gasteiger partial charge in [0.15, 0.2) is 0 Å². The van der Waals surface area contributed by atoms with Gasteiger partial charge in [0.05, 0.1) is 0 Å². The molecule has 0 spiro atoms. The molecule has 0 amide bonds. The molecule has 0 heterocycles. The first-order valence-electron chi connectivity index (χ1n) is 12.4. The summed E-state index contributed by atoms with van der Waals surface area (Å²) in [6, 6.07) is 36.7. The molecule has 194 valence electrons. The minimum atomic E-state index is 0. The van der Waals surface area contributed by atoms with Gasteiger partial charge in [-0.3, -0.25) is 0 Å². The standard InChI is InChI=1S/C21H25.C8H8.C5H5.2ClH.Zr/c1-20(2,3)16-7-9-18-14(12-16)11-15-13-17(21(4,5)6)8-10-19(15)18;1-2-8-6-4-3-5-7-8;1-2-4-5-3-1;;;/h7-13H,1-6H3;3-7H,1H3;1-5H;2*1H;/q-1;;-1;;;+2/p-2. The molecular weight excluding hydrogens is 571 g/mol. The summed E-state index contributed by atoms with van der Waals surface area (Å²) in [5.41, 5.74) is 4.58. The summed E-state index contributed by atoms with van der Waals surface area (Å²) in [4.78, 5) is 0. The smallest absolute Gasteiger partial charge is 0.172 e. The maximum Gasteiger partial charge on any atom is -0.172 e. The van der Waals surface area contributed by atoms with E-state index in [1.54, 1.807) is 0 Å². The van der Waals surface area contributed by atoms with Crippen LogP contribution in [0.25, 0.3) is 21.5 Å². The predicted octanol–water partition coefficient (Wildman–Crippen LogP) is 3.49. The molecule has 0 nitrogen and oxygen atoms in total. The molecule has 5 rings (SSSR count). The Bertz CT molecular complexity index is 1280. The Morgan fingerprint density at radius 3 is 1.35 bits per heavy atom. The maximum atomic E-state index is 2.35. The van der Waals surface area contributed by atoms with Crippen molar-refractivity contribution in [1.82, 2.24) is 0 Å². The predicted molar refractivity (Wildman–Crippen MR) is 153 cm³/mol. The van der Waals surface area contributed by atoms with Gasteiger partial charge in [0, 0.05) is 0 Å². The van der Waals surface area contributed by atoms with Gasteiger partial charge in [0.25, 0.3) is 0 Å². The molecule has 0 saturated heterocycles. The van der Waals surface area contributed by atoms with E-state index < -0.39 is 0 Å². The summed E-state index contributed by atoms with van der Waals surface area (Å²) in [5.74, 6) is 0. The zero-order valence-electron chi connectivity index (χ0n) is 23.1. The van der Waals surface area contributed by atoms with E-state index in [0.717, 1.165) is 0 Å². The van der Waals surface area contributed by atoms with Gasteiger partial charge >= 0.3 is 70.3 Å². The summed E-state index contributed by atoms with van der Waals surface area (Å²) in [6.45, 7) is 15.8. The van der Waals surface area contributed by atoms with Crippen molar-refractivity contribution in [3.63, 3.8) is 0 Å². The maximum absolute atomic E-state index is 2.35. The van der Waals surface area contributed by atoms with Crippen molar-refractivity contribution in [3.8, 4) is 0 Å². The van der Waals surface area contributed by atoms with Gasteiger partial charge < -0.3 is 24.8 Å². The third-order valence-electron chi connectivity index (χ3n) is 6.20. The molecule has 5 aromatic rings. The molecular formula is C34H38Cl2Zr-2. The minimum Gasteiger partial charge on any atom is -1.00 e.